The molecule has 0 aliphatic heterocycles. The van der Waals surface area contributed by atoms with Crippen molar-refractivity contribution in [1.82, 2.24) is 14.8 Å². The lowest BCUT2D eigenvalue weighted by molar-refractivity contribution is -0.137. The van der Waals surface area contributed by atoms with E-state index in [-0.39, 0.29) is 6.42 Å². The fourth-order valence-corrected chi connectivity index (χ4v) is 1.40. The lowest BCUT2D eigenvalue weighted by Crippen LogP contribution is -2.04. The zero-order valence-corrected chi connectivity index (χ0v) is 8.34. The van der Waals surface area contributed by atoms with Crippen molar-refractivity contribution < 1.29 is 9.90 Å². The molecule has 0 aliphatic carbocycles. The molecule has 15 heavy (non-hydrogen) atoms. The van der Waals surface area contributed by atoms with Gasteiger partial charge in [0.25, 0.3) is 0 Å². The number of aliphatic carboxylic acids is 1. The summed E-state index contributed by atoms with van der Waals surface area (Å²) in [4.78, 5) is 14.5. The number of carbonyl (C=O) groups is 1. The van der Waals surface area contributed by atoms with Gasteiger partial charge in [-0.05, 0) is 18.6 Å². The summed E-state index contributed by atoms with van der Waals surface area (Å²) in [6, 6.07) is 1.98. The number of hydrogen-bond acceptors (Lipinski definition) is 3. The van der Waals surface area contributed by atoms with E-state index < -0.39 is 5.97 Å². The van der Waals surface area contributed by atoms with Crippen molar-refractivity contribution in [3.05, 3.63) is 24.0 Å². The molecular formula is C10H11N3O2. The molecular weight excluding hydrogens is 194 g/mol. The highest BCUT2D eigenvalue weighted by atomic mass is 16.4. The third kappa shape index (κ3) is 2.12. The summed E-state index contributed by atoms with van der Waals surface area (Å²) in [6.07, 6.45) is 3.64. The monoisotopic (exact) mass is 205 g/mol. The van der Waals surface area contributed by atoms with Crippen molar-refractivity contribution in [3.8, 4) is 0 Å². The van der Waals surface area contributed by atoms with Crippen LogP contribution < -0.4 is 0 Å². The number of carboxylic acids is 1. The minimum Gasteiger partial charge on any atom is -0.481 e. The summed E-state index contributed by atoms with van der Waals surface area (Å²) in [6.45, 7) is 2.34. The van der Waals surface area contributed by atoms with E-state index in [0.717, 1.165) is 10.9 Å². The second-order valence-electron chi connectivity index (χ2n) is 3.46. The highest BCUT2D eigenvalue weighted by molar-refractivity contribution is 5.74. The molecule has 0 saturated heterocycles. The SMILES string of the molecule is Cc1cnc2nn(CCC(=O)O)cc2c1. The van der Waals surface area contributed by atoms with Crippen molar-refractivity contribution in [1.29, 1.82) is 0 Å². The second kappa shape index (κ2) is 3.68. The molecule has 0 aliphatic rings. The van der Waals surface area contributed by atoms with Gasteiger partial charge in [-0.2, -0.15) is 5.10 Å². The molecule has 0 bridgehead atoms. The van der Waals surface area contributed by atoms with Crippen LogP contribution in [0.3, 0.4) is 0 Å². The van der Waals surface area contributed by atoms with Gasteiger partial charge < -0.3 is 5.11 Å². The molecule has 78 valence electrons. The lowest BCUT2D eigenvalue weighted by atomic mass is 10.3. The Morgan fingerprint density at radius 2 is 2.40 bits per heavy atom. The normalized spacial score (nSPS) is 10.7. The first-order valence-corrected chi connectivity index (χ1v) is 4.67. The van der Waals surface area contributed by atoms with Crippen LogP contribution in [-0.4, -0.2) is 25.8 Å². The molecule has 0 fully saturated rings. The van der Waals surface area contributed by atoms with E-state index >= 15 is 0 Å². The number of nitrogens with zero attached hydrogens (tertiary/aromatic N) is 3. The van der Waals surface area contributed by atoms with Gasteiger partial charge in [-0.3, -0.25) is 9.48 Å². The molecule has 0 atom stereocenters. The maximum absolute atomic E-state index is 10.4. The Balaban J connectivity index is 2.27. The fourth-order valence-electron chi connectivity index (χ4n) is 1.40. The van der Waals surface area contributed by atoms with Crippen LogP contribution in [0, 0.1) is 6.92 Å². The first kappa shape index (κ1) is 9.64. The summed E-state index contributed by atoms with van der Waals surface area (Å²) >= 11 is 0. The topological polar surface area (TPSA) is 68.0 Å². The van der Waals surface area contributed by atoms with Crippen LogP contribution in [0.15, 0.2) is 18.5 Å². The van der Waals surface area contributed by atoms with Crippen molar-refractivity contribution in [2.24, 2.45) is 0 Å². The summed E-state index contributed by atoms with van der Waals surface area (Å²) in [5, 5.41) is 13.6. The standard InChI is InChI=1S/C10H11N3O2/c1-7-4-8-6-13(3-2-9(14)15)12-10(8)11-5-7/h4-6H,2-3H2,1H3,(H,14,15). The Labute approximate surface area is 86.4 Å². The van der Waals surface area contributed by atoms with Crippen LogP contribution in [0.25, 0.3) is 11.0 Å². The van der Waals surface area contributed by atoms with Gasteiger partial charge in [-0.25, -0.2) is 4.98 Å². The molecule has 0 saturated carbocycles. The van der Waals surface area contributed by atoms with Crippen molar-refractivity contribution in [3.63, 3.8) is 0 Å². The fraction of sp³-hybridized carbons (Fsp3) is 0.300. The Morgan fingerprint density at radius 1 is 1.60 bits per heavy atom. The van der Waals surface area contributed by atoms with Gasteiger partial charge in [0, 0.05) is 17.8 Å². The Morgan fingerprint density at radius 3 is 3.13 bits per heavy atom. The van der Waals surface area contributed by atoms with Gasteiger partial charge in [0.15, 0.2) is 5.65 Å². The minimum atomic E-state index is -0.821. The van der Waals surface area contributed by atoms with Crippen LogP contribution in [0.4, 0.5) is 0 Å². The second-order valence-corrected chi connectivity index (χ2v) is 3.46. The third-order valence-electron chi connectivity index (χ3n) is 2.10. The van der Waals surface area contributed by atoms with Gasteiger partial charge >= 0.3 is 5.97 Å². The predicted octanol–water partition coefficient (Wildman–Crippen LogP) is 1.21. The van der Waals surface area contributed by atoms with Crippen molar-refractivity contribution in [2.75, 3.05) is 0 Å². The van der Waals surface area contributed by atoms with Gasteiger partial charge in [-0.1, -0.05) is 0 Å². The molecule has 0 spiro atoms. The lowest BCUT2D eigenvalue weighted by Gasteiger charge is -1.94. The molecule has 0 aromatic carbocycles. The number of aryl methyl sites for hydroxylation is 2. The molecule has 0 unspecified atom stereocenters. The van der Waals surface area contributed by atoms with Crippen molar-refractivity contribution >= 4 is 17.0 Å². The Hall–Kier alpha value is -1.91. The molecule has 2 aromatic rings. The van der Waals surface area contributed by atoms with E-state index in [1.807, 2.05) is 19.2 Å². The van der Waals surface area contributed by atoms with E-state index in [2.05, 4.69) is 10.1 Å². The van der Waals surface area contributed by atoms with Crippen LogP contribution in [0.2, 0.25) is 0 Å². The van der Waals surface area contributed by atoms with E-state index in [0.29, 0.717) is 12.2 Å². The molecule has 2 aromatic heterocycles. The summed E-state index contributed by atoms with van der Waals surface area (Å²) in [7, 11) is 0. The van der Waals surface area contributed by atoms with Gasteiger partial charge in [-0.15, -0.1) is 0 Å². The number of fused-ring (bicyclic) bond motifs is 1. The summed E-state index contributed by atoms with van der Waals surface area (Å²) in [5.41, 5.74) is 1.73. The smallest absolute Gasteiger partial charge is 0.305 e. The first-order valence-electron chi connectivity index (χ1n) is 4.67. The minimum absolute atomic E-state index is 0.0764. The van der Waals surface area contributed by atoms with Crippen LogP contribution in [0.5, 0.6) is 0 Å². The zero-order chi connectivity index (χ0) is 10.8. The van der Waals surface area contributed by atoms with Gasteiger partial charge in [0.05, 0.1) is 13.0 Å². The number of hydrogen-bond donors (Lipinski definition) is 1. The molecule has 5 nitrogen and oxygen atoms in total. The molecule has 5 heteroatoms. The number of rotatable bonds is 3. The summed E-state index contributed by atoms with van der Waals surface area (Å²) < 4.78 is 1.62. The number of aromatic nitrogens is 3. The van der Waals surface area contributed by atoms with E-state index in [1.54, 1.807) is 10.9 Å². The zero-order valence-electron chi connectivity index (χ0n) is 8.34. The Kier molecular flexibility index (Phi) is 2.37. The van der Waals surface area contributed by atoms with E-state index in [9.17, 15) is 4.79 Å². The quantitative estimate of drug-likeness (QED) is 0.817. The van der Waals surface area contributed by atoms with Crippen LogP contribution in [0.1, 0.15) is 12.0 Å². The maximum atomic E-state index is 10.4. The average Bonchev–Trinajstić information content (AvgIpc) is 2.56. The summed E-state index contributed by atoms with van der Waals surface area (Å²) in [5.74, 6) is -0.821. The van der Waals surface area contributed by atoms with Gasteiger partial charge in [0.1, 0.15) is 0 Å². The van der Waals surface area contributed by atoms with E-state index in [4.69, 9.17) is 5.11 Å². The molecule has 2 rings (SSSR count). The predicted molar refractivity (Wildman–Crippen MR) is 54.5 cm³/mol. The van der Waals surface area contributed by atoms with Gasteiger partial charge in [0.2, 0.25) is 0 Å². The molecule has 0 radical (unpaired) electrons. The molecule has 0 amide bonds. The molecule has 1 N–H and O–H groups in total. The largest absolute Gasteiger partial charge is 0.481 e. The van der Waals surface area contributed by atoms with Crippen LogP contribution >= 0.6 is 0 Å². The number of pyridine rings is 1. The highest BCUT2D eigenvalue weighted by Gasteiger charge is 2.03. The average molecular weight is 205 g/mol. The third-order valence-corrected chi connectivity index (χ3v) is 2.10. The first-order chi connectivity index (χ1) is 7.15. The molecule has 2 heterocycles. The maximum Gasteiger partial charge on any atom is 0.305 e. The Bertz CT molecular complexity index is 504. The highest BCUT2D eigenvalue weighted by Crippen LogP contribution is 2.11. The van der Waals surface area contributed by atoms with Crippen molar-refractivity contribution in [2.45, 2.75) is 19.9 Å². The van der Waals surface area contributed by atoms with E-state index in [1.165, 1.54) is 0 Å². The number of carboxylic acid groups (broad SMARTS) is 1. The van der Waals surface area contributed by atoms with Crippen LogP contribution in [-0.2, 0) is 11.3 Å².